The highest BCUT2D eigenvalue weighted by atomic mass is 79.9. The van der Waals surface area contributed by atoms with E-state index in [1.165, 1.54) is 36.5 Å². The van der Waals surface area contributed by atoms with Gasteiger partial charge in [0.25, 0.3) is 0 Å². The van der Waals surface area contributed by atoms with Gasteiger partial charge in [0, 0.05) is 12.6 Å². The van der Waals surface area contributed by atoms with Crippen molar-refractivity contribution in [2.24, 2.45) is 0 Å². The highest BCUT2D eigenvalue weighted by Crippen LogP contribution is 2.32. The molecule has 0 heterocycles. The van der Waals surface area contributed by atoms with Crippen LogP contribution in [0.4, 0.5) is 0 Å². The Bertz CT molecular complexity index is 578. The van der Waals surface area contributed by atoms with Gasteiger partial charge in [-0.3, -0.25) is 0 Å². The second-order valence-corrected chi connectivity index (χ2v) is 6.18. The third-order valence-electron chi connectivity index (χ3n) is 3.98. The van der Waals surface area contributed by atoms with Gasteiger partial charge in [-0.1, -0.05) is 43.2 Å². The molecule has 2 nitrogen and oxygen atoms in total. The lowest BCUT2D eigenvalue weighted by molar-refractivity contribution is 0.304. The predicted molar refractivity (Wildman–Crippen MR) is 87.4 cm³/mol. The smallest absolute Gasteiger partial charge is 0.134 e. The van der Waals surface area contributed by atoms with Crippen LogP contribution in [0, 0.1) is 0 Å². The molecule has 0 bridgehead atoms. The van der Waals surface area contributed by atoms with Crippen LogP contribution >= 0.6 is 15.9 Å². The SMILES string of the molecule is Brc1c(OCCNC2CCCC2)ccc2ccccc12. The molecular weight excluding hydrogens is 314 g/mol. The second kappa shape index (κ2) is 6.59. The third kappa shape index (κ3) is 3.15. The summed E-state index contributed by atoms with van der Waals surface area (Å²) in [5, 5.41) is 6.00. The lowest BCUT2D eigenvalue weighted by atomic mass is 10.1. The second-order valence-electron chi connectivity index (χ2n) is 5.38. The molecule has 0 atom stereocenters. The highest BCUT2D eigenvalue weighted by molar-refractivity contribution is 9.10. The molecule has 0 radical (unpaired) electrons. The van der Waals surface area contributed by atoms with Crippen LogP contribution in [0.25, 0.3) is 10.8 Å². The first kappa shape index (κ1) is 13.9. The van der Waals surface area contributed by atoms with Gasteiger partial charge in [0.2, 0.25) is 0 Å². The summed E-state index contributed by atoms with van der Waals surface area (Å²) in [5.41, 5.74) is 0. The lowest BCUT2D eigenvalue weighted by Crippen LogP contribution is -2.30. The minimum atomic E-state index is 0.707. The molecule has 0 amide bonds. The fourth-order valence-corrected chi connectivity index (χ4v) is 3.49. The van der Waals surface area contributed by atoms with Crippen LogP contribution in [0.3, 0.4) is 0 Å². The van der Waals surface area contributed by atoms with E-state index in [1.54, 1.807) is 0 Å². The van der Waals surface area contributed by atoms with Gasteiger partial charge in [-0.25, -0.2) is 0 Å². The van der Waals surface area contributed by atoms with E-state index in [4.69, 9.17) is 4.74 Å². The van der Waals surface area contributed by atoms with E-state index in [2.05, 4.69) is 51.6 Å². The normalized spacial score (nSPS) is 15.8. The van der Waals surface area contributed by atoms with Gasteiger partial charge in [-0.15, -0.1) is 0 Å². The van der Waals surface area contributed by atoms with Crippen molar-refractivity contribution in [1.29, 1.82) is 0 Å². The Morgan fingerprint density at radius 1 is 1.10 bits per heavy atom. The van der Waals surface area contributed by atoms with Crippen molar-refractivity contribution in [3.8, 4) is 5.75 Å². The van der Waals surface area contributed by atoms with E-state index >= 15 is 0 Å². The van der Waals surface area contributed by atoms with Gasteiger partial charge >= 0.3 is 0 Å². The summed E-state index contributed by atoms with van der Waals surface area (Å²) < 4.78 is 6.95. The maximum Gasteiger partial charge on any atom is 0.134 e. The first-order valence-electron chi connectivity index (χ1n) is 7.38. The molecule has 1 fully saturated rings. The van der Waals surface area contributed by atoms with Gasteiger partial charge in [0.15, 0.2) is 0 Å². The van der Waals surface area contributed by atoms with Gasteiger partial charge in [0.05, 0.1) is 4.47 Å². The first-order chi connectivity index (χ1) is 9.84. The Morgan fingerprint density at radius 2 is 1.90 bits per heavy atom. The Balaban J connectivity index is 1.58. The van der Waals surface area contributed by atoms with Gasteiger partial charge in [-0.05, 0) is 45.6 Å². The quantitative estimate of drug-likeness (QED) is 0.812. The van der Waals surface area contributed by atoms with Crippen molar-refractivity contribution in [1.82, 2.24) is 5.32 Å². The molecule has 0 aromatic heterocycles. The molecule has 0 spiro atoms. The van der Waals surface area contributed by atoms with Crippen LogP contribution in [0.15, 0.2) is 40.9 Å². The number of rotatable bonds is 5. The maximum absolute atomic E-state index is 5.90. The number of ether oxygens (including phenoxy) is 1. The van der Waals surface area contributed by atoms with E-state index in [-0.39, 0.29) is 0 Å². The maximum atomic E-state index is 5.90. The number of benzene rings is 2. The summed E-state index contributed by atoms with van der Waals surface area (Å²) in [6.45, 7) is 1.64. The van der Waals surface area contributed by atoms with Crippen molar-refractivity contribution < 1.29 is 4.74 Å². The number of hydrogen-bond acceptors (Lipinski definition) is 2. The molecule has 106 valence electrons. The summed E-state index contributed by atoms with van der Waals surface area (Å²) in [5.74, 6) is 0.928. The molecule has 2 aromatic carbocycles. The molecule has 1 saturated carbocycles. The standard InChI is InChI=1S/C17H20BrNO/c18-17-15-8-4-1-5-13(15)9-10-16(17)20-12-11-19-14-6-2-3-7-14/h1,4-5,8-10,14,19H,2-3,6-7,11-12H2. The summed E-state index contributed by atoms with van der Waals surface area (Å²) >= 11 is 3.65. The monoisotopic (exact) mass is 333 g/mol. The van der Waals surface area contributed by atoms with Crippen LogP contribution in [-0.2, 0) is 0 Å². The fourth-order valence-electron chi connectivity index (χ4n) is 2.88. The van der Waals surface area contributed by atoms with Crippen LogP contribution < -0.4 is 10.1 Å². The minimum Gasteiger partial charge on any atom is -0.491 e. The average molecular weight is 334 g/mol. The van der Waals surface area contributed by atoms with E-state index in [1.807, 2.05) is 6.07 Å². The summed E-state index contributed by atoms with van der Waals surface area (Å²) in [6.07, 6.45) is 5.38. The molecule has 1 N–H and O–H groups in total. The molecule has 0 aliphatic heterocycles. The van der Waals surface area contributed by atoms with Crippen LogP contribution in [0.2, 0.25) is 0 Å². The number of halogens is 1. The molecule has 3 rings (SSSR count). The average Bonchev–Trinajstić information content (AvgIpc) is 2.99. The van der Waals surface area contributed by atoms with E-state index in [0.717, 1.165) is 16.8 Å². The molecule has 3 heteroatoms. The molecule has 1 aliphatic rings. The largest absolute Gasteiger partial charge is 0.491 e. The third-order valence-corrected chi connectivity index (χ3v) is 4.79. The van der Waals surface area contributed by atoms with Gasteiger partial charge < -0.3 is 10.1 Å². The first-order valence-corrected chi connectivity index (χ1v) is 8.17. The number of fused-ring (bicyclic) bond motifs is 1. The summed E-state index contributed by atoms with van der Waals surface area (Å²) in [4.78, 5) is 0. The fraction of sp³-hybridized carbons (Fsp3) is 0.412. The highest BCUT2D eigenvalue weighted by Gasteiger charge is 2.13. The van der Waals surface area contributed by atoms with Crippen molar-refractivity contribution in [2.45, 2.75) is 31.7 Å². The lowest BCUT2D eigenvalue weighted by Gasteiger charge is -2.14. The van der Waals surface area contributed by atoms with Crippen molar-refractivity contribution in [2.75, 3.05) is 13.2 Å². The number of nitrogens with one attached hydrogen (secondary N) is 1. The molecule has 20 heavy (non-hydrogen) atoms. The van der Waals surface area contributed by atoms with Gasteiger partial charge in [0.1, 0.15) is 12.4 Å². The van der Waals surface area contributed by atoms with Crippen molar-refractivity contribution in [3.63, 3.8) is 0 Å². The Kier molecular flexibility index (Phi) is 4.58. The van der Waals surface area contributed by atoms with Gasteiger partial charge in [-0.2, -0.15) is 0 Å². The van der Waals surface area contributed by atoms with E-state index in [9.17, 15) is 0 Å². The van der Waals surface area contributed by atoms with Crippen LogP contribution in [0.1, 0.15) is 25.7 Å². The van der Waals surface area contributed by atoms with E-state index in [0.29, 0.717) is 12.6 Å². The predicted octanol–water partition coefficient (Wildman–Crippen LogP) is 4.51. The summed E-state index contributed by atoms with van der Waals surface area (Å²) in [6, 6.07) is 13.2. The van der Waals surface area contributed by atoms with Crippen molar-refractivity contribution >= 4 is 26.7 Å². The Labute approximate surface area is 128 Å². The molecule has 0 unspecified atom stereocenters. The van der Waals surface area contributed by atoms with Crippen LogP contribution in [0.5, 0.6) is 5.75 Å². The Hall–Kier alpha value is -1.06. The topological polar surface area (TPSA) is 21.3 Å². The molecule has 0 saturated heterocycles. The van der Waals surface area contributed by atoms with Crippen molar-refractivity contribution in [3.05, 3.63) is 40.9 Å². The molecule has 2 aromatic rings. The molecule has 1 aliphatic carbocycles. The molecular formula is C17H20BrNO. The number of hydrogen-bond donors (Lipinski definition) is 1. The zero-order chi connectivity index (χ0) is 13.8. The zero-order valence-electron chi connectivity index (χ0n) is 11.6. The Morgan fingerprint density at radius 3 is 2.75 bits per heavy atom. The minimum absolute atomic E-state index is 0.707. The zero-order valence-corrected chi connectivity index (χ0v) is 13.2. The van der Waals surface area contributed by atoms with Crippen LogP contribution in [-0.4, -0.2) is 19.2 Å². The summed E-state index contributed by atoms with van der Waals surface area (Å²) in [7, 11) is 0. The van der Waals surface area contributed by atoms with E-state index < -0.39 is 0 Å².